The van der Waals surface area contributed by atoms with Crippen LogP contribution in [0.1, 0.15) is 35.3 Å². The molecular weight excluding hydrogens is 336 g/mol. The number of rotatable bonds is 3. The van der Waals surface area contributed by atoms with Crippen molar-refractivity contribution in [3.8, 4) is 11.8 Å². The fourth-order valence-electron chi connectivity index (χ4n) is 2.74. The summed E-state index contributed by atoms with van der Waals surface area (Å²) in [5.74, 6) is 5.60. The van der Waals surface area contributed by atoms with E-state index in [-0.39, 0.29) is 5.91 Å². The van der Waals surface area contributed by atoms with Gasteiger partial charge in [0.2, 0.25) is 0 Å². The largest absolute Gasteiger partial charge is 0.378 e. The van der Waals surface area contributed by atoms with Gasteiger partial charge >= 0.3 is 0 Å². The zero-order chi connectivity index (χ0) is 19.4. The maximum absolute atomic E-state index is 12.8. The molecule has 1 heterocycles. The minimum atomic E-state index is -1.07. The van der Waals surface area contributed by atoms with Crippen molar-refractivity contribution in [2.45, 2.75) is 26.0 Å². The molecule has 0 bridgehead atoms. The molecule has 0 aliphatic rings. The molecule has 2 aromatic carbocycles. The molecule has 0 aliphatic heterocycles. The normalized spacial score (nSPS) is 11.0. The Kier molecular flexibility index (Phi) is 5.25. The van der Waals surface area contributed by atoms with Crippen LogP contribution in [0.5, 0.6) is 0 Å². The van der Waals surface area contributed by atoms with Crippen LogP contribution >= 0.6 is 0 Å². The first kappa shape index (κ1) is 18.6. The van der Waals surface area contributed by atoms with Gasteiger partial charge in [0.25, 0.3) is 5.91 Å². The van der Waals surface area contributed by atoms with E-state index in [1.807, 2.05) is 30.3 Å². The van der Waals surface area contributed by atoms with E-state index in [0.717, 1.165) is 16.5 Å². The average molecular weight is 358 g/mol. The van der Waals surface area contributed by atoms with Crippen molar-refractivity contribution in [2.24, 2.45) is 0 Å². The van der Waals surface area contributed by atoms with E-state index >= 15 is 0 Å². The summed E-state index contributed by atoms with van der Waals surface area (Å²) in [5, 5.41) is 10.8. The highest BCUT2D eigenvalue weighted by Crippen LogP contribution is 2.16. The number of carbonyl (C=O) groups is 1. The van der Waals surface area contributed by atoms with E-state index in [2.05, 4.69) is 22.9 Å². The van der Waals surface area contributed by atoms with Crippen LogP contribution in [-0.2, 0) is 6.54 Å². The number of hydrogen-bond acceptors (Lipinski definition) is 3. The highest BCUT2D eigenvalue weighted by molar-refractivity contribution is 5.94. The van der Waals surface area contributed by atoms with Crippen molar-refractivity contribution in [3.63, 3.8) is 0 Å². The van der Waals surface area contributed by atoms with Crippen molar-refractivity contribution >= 4 is 16.8 Å². The van der Waals surface area contributed by atoms with Gasteiger partial charge in [0.05, 0.1) is 5.52 Å². The Morgan fingerprint density at radius 2 is 1.96 bits per heavy atom. The molecule has 4 heteroatoms. The summed E-state index contributed by atoms with van der Waals surface area (Å²) in [6.45, 7) is 3.76. The molecule has 1 aromatic heterocycles. The second kappa shape index (κ2) is 7.61. The number of hydrogen-bond donors (Lipinski definition) is 1. The van der Waals surface area contributed by atoms with Crippen molar-refractivity contribution in [1.82, 2.24) is 9.88 Å². The molecular formula is C23H22N2O2. The number of nitrogens with zero attached hydrogens (tertiary/aromatic N) is 2. The Morgan fingerprint density at radius 1 is 1.15 bits per heavy atom. The van der Waals surface area contributed by atoms with Gasteiger partial charge in [-0.3, -0.25) is 9.78 Å². The zero-order valence-corrected chi connectivity index (χ0v) is 15.7. The lowest BCUT2D eigenvalue weighted by Crippen LogP contribution is -2.26. The quantitative estimate of drug-likeness (QED) is 0.728. The molecule has 1 amide bonds. The molecule has 27 heavy (non-hydrogen) atoms. The number of aromatic nitrogens is 1. The van der Waals surface area contributed by atoms with Crippen molar-refractivity contribution in [2.75, 3.05) is 7.05 Å². The van der Waals surface area contributed by atoms with E-state index < -0.39 is 5.60 Å². The first-order chi connectivity index (χ1) is 12.8. The molecule has 0 fully saturated rings. The minimum Gasteiger partial charge on any atom is -0.378 e. The van der Waals surface area contributed by atoms with Gasteiger partial charge in [-0.05, 0) is 55.8 Å². The Labute approximate surface area is 159 Å². The van der Waals surface area contributed by atoms with Crippen LogP contribution in [0.15, 0.2) is 60.8 Å². The SMILES string of the molecule is CN(Cc1ccc2ncccc2c1)C(=O)c1cccc(C#CC(C)(C)O)c1. The topological polar surface area (TPSA) is 53.4 Å². The van der Waals surface area contributed by atoms with Gasteiger partial charge in [0.15, 0.2) is 0 Å². The van der Waals surface area contributed by atoms with E-state index in [1.54, 1.807) is 50.2 Å². The molecule has 3 aromatic rings. The summed E-state index contributed by atoms with van der Waals surface area (Å²) in [6, 6.07) is 17.1. The molecule has 4 nitrogen and oxygen atoms in total. The first-order valence-electron chi connectivity index (χ1n) is 8.76. The van der Waals surface area contributed by atoms with Gasteiger partial charge < -0.3 is 10.0 Å². The maximum atomic E-state index is 12.8. The first-order valence-corrected chi connectivity index (χ1v) is 8.76. The van der Waals surface area contributed by atoms with Crippen LogP contribution in [0.4, 0.5) is 0 Å². The number of carbonyl (C=O) groups excluding carboxylic acids is 1. The van der Waals surface area contributed by atoms with Crippen molar-refractivity contribution < 1.29 is 9.90 Å². The molecule has 0 atom stereocenters. The lowest BCUT2D eigenvalue weighted by Gasteiger charge is -2.18. The van der Waals surface area contributed by atoms with Crippen LogP contribution < -0.4 is 0 Å². The molecule has 136 valence electrons. The van der Waals surface area contributed by atoms with Crippen LogP contribution in [0.25, 0.3) is 10.9 Å². The van der Waals surface area contributed by atoms with Crippen molar-refractivity contribution in [1.29, 1.82) is 0 Å². The number of pyridine rings is 1. The zero-order valence-electron chi connectivity index (χ0n) is 15.7. The fourth-order valence-corrected chi connectivity index (χ4v) is 2.74. The smallest absolute Gasteiger partial charge is 0.253 e. The Hall–Kier alpha value is -3.16. The highest BCUT2D eigenvalue weighted by Gasteiger charge is 2.13. The third-order valence-electron chi connectivity index (χ3n) is 4.06. The Morgan fingerprint density at radius 3 is 2.74 bits per heavy atom. The van der Waals surface area contributed by atoms with Gasteiger partial charge in [0.1, 0.15) is 5.60 Å². The molecule has 0 radical (unpaired) electrons. The monoisotopic (exact) mass is 358 g/mol. The second-order valence-electron chi connectivity index (χ2n) is 7.08. The summed E-state index contributed by atoms with van der Waals surface area (Å²) >= 11 is 0. The lowest BCUT2D eigenvalue weighted by atomic mass is 10.1. The fraction of sp³-hybridized carbons (Fsp3) is 0.217. The summed E-state index contributed by atoms with van der Waals surface area (Å²) in [4.78, 5) is 18.8. The van der Waals surface area contributed by atoms with Gasteiger partial charge in [-0.25, -0.2) is 0 Å². The molecule has 0 unspecified atom stereocenters. The Balaban J connectivity index is 1.77. The summed E-state index contributed by atoms with van der Waals surface area (Å²) in [7, 11) is 1.78. The van der Waals surface area contributed by atoms with Crippen LogP contribution in [-0.4, -0.2) is 33.5 Å². The molecule has 0 spiro atoms. The lowest BCUT2D eigenvalue weighted by molar-refractivity contribution is 0.0785. The van der Waals surface area contributed by atoms with Gasteiger partial charge in [-0.15, -0.1) is 0 Å². The standard InChI is InChI=1S/C23H22N2O2/c1-23(2,27)12-11-17-6-4-7-20(14-17)22(26)25(3)16-18-9-10-21-19(15-18)8-5-13-24-21/h4-10,13-15,27H,16H2,1-3H3. The van der Waals surface area contributed by atoms with Gasteiger partial charge in [0, 0.05) is 36.3 Å². The summed E-state index contributed by atoms with van der Waals surface area (Å²) < 4.78 is 0. The van der Waals surface area contributed by atoms with Gasteiger partial charge in [-0.2, -0.15) is 0 Å². The van der Waals surface area contributed by atoms with E-state index in [9.17, 15) is 9.90 Å². The Bertz CT molecular complexity index is 1040. The molecule has 1 N–H and O–H groups in total. The predicted molar refractivity (Wildman–Crippen MR) is 107 cm³/mol. The third kappa shape index (κ3) is 4.93. The second-order valence-corrected chi connectivity index (χ2v) is 7.08. The summed E-state index contributed by atoms with van der Waals surface area (Å²) in [5.41, 5.74) is 2.19. The van der Waals surface area contributed by atoms with Crippen LogP contribution in [0.3, 0.4) is 0 Å². The number of fused-ring (bicyclic) bond motifs is 1. The molecule has 0 saturated heterocycles. The number of benzene rings is 2. The third-order valence-corrected chi connectivity index (χ3v) is 4.06. The minimum absolute atomic E-state index is 0.0757. The molecule has 3 rings (SSSR count). The number of amides is 1. The maximum Gasteiger partial charge on any atom is 0.253 e. The van der Waals surface area contributed by atoms with Crippen LogP contribution in [0.2, 0.25) is 0 Å². The van der Waals surface area contributed by atoms with E-state index in [1.165, 1.54) is 0 Å². The summed E-state index contributed by atoms with van der Waals surface area (Å²) in [6.07, 6.45) is 1.77. The number of aliphatic hydroxyl groups is 1. The van der Waals surface area contributed by atoms with Gasteiger partial charge in [-0.1, -0.05) is 30.0 Å². The van der Waals surface area contributed by atoms with Crippen LogP contribution in [0, 0.1) is 11.8 Å². The van der Waals surface area contributed by atoms with E-state index in [4.69, 9.17) is 0 Å². The predicted octanol–water partition coefficient (Wildman–Crippen LogP) is 3.63. The molecule has 0 saturated carbocycles. The van der Waals surface area contributed by atoms with Crippen molar-refractivity contribution in [3.05, 3.63) is 77.5 Å². The molecule has 0 aliphatic carbocycles. The highest BCUT2D eigenvalue weighted by atomic mass is 16.3. The van der Waals surface area contributed by atoms with E-state index in [0.29, 0.717) is 17.7 Å². The average Bonchev–Trinajstić information content (AvgIpc) is 2.65.